The third-order valence-electron chi connectivity index (χ3n) is 4.49. The smallest absolute Gasteiger partial charge is 0.242 e. The van der Waals surface area contributed by atoms with E-state index in [9.17, 15) is 4.79 Å². The van der Waals surface area contributed by atoms with Gasteiger partial charge in [0.25, 0.3) is 0 Å². The van der Waals surface area contributed by atoms with Crippen molar-refractivity contribution in [2.45, 2.75) is 45.7 Å². The van der Waals surface area contributed by atoms with Crippen LogP contribution in [0.15, 0.2) is 0 Å². The molecular weight excluding hydrogens is 268 g/mol. The van der Waals surface area contributed by atoms with Gasteiger partial charge in [-0.05, 0) is 34.7 Å². The van der Waals surface area contributed by atoms with Crippen LogP contribution in [-0.4, -0.2) is 73.9 Å². The Morgan fingerprint density at radius 1 is 1.24 bits per heavy atom. The first-order valence-electron chi connectivity index (χ1n) is 7.73. The number of carbonyl (C=O) groups excluding carboxylic acids is 1. The van der Waals surface area contributed by atoms with Gasteiger partial charge < -0.3 is 14.4 Å². The van der Waals surface area contributed by atoms with Crippen molar-refractivity contribution in [1.29, 1.82) is 0 Å². The molecule has 0 aliphatic carbocycles. The molecule has 1 rings (SSSR count). The molecule has 0 radical (unpaired) electrons. The maximum absolute atomic E-state index is 12.6. The minimum absolute atomic E-state index is 0.0270. The Kier molecular flexibility index (Phi) is 6.20. The van der Waals surface area contributed by atoms with Crippen molar-refractivity contribution < 1.29 is 14.3 Å². The summed E-state index contributed by atoms with van der Waals surface area (Å²) in [5.41, 5.74) is -0.494. The van der Waals surface area contributed by atoms with Crippen molar-refractivity contribution >= 4 is 5.91 Å². The predicted molar refractivity (Wildman–Crippen MR) is 84.4 cm³/mol. The van der Waals surface area contributed by atoms with E-state index in [0.717, 1.165) is 6.54 Å². The zero-order valence-electron chi connectivity index (χ0n) is 14.7. The lowest BCUT2D eigenvalue weighted by atomic mass is 9.88. The van der Waals surface area contributed by atoms with Crippen LogP contribution in [-0.2, 0) is 14.3 Å². The third-order valence-corrected chi connectivity index (χ3v) is 4.49. The van der Waals surface area contributed by atoms with E-state index in [1.165, 1.54) is 0 Å². The molecule has 1 heterocycles. The second kappa shape index (κ2) is 7.07. The van der Waals surface area contributed by atoms with Gasteiger partial charge in [0.1, 0.15) is 0 Å². The topological polar surface area (TPSA) is 42.0 Å². The van der Waals surface area contributed by atoms with Gasteiger partial charge in [0.15, 0.2) is 0 Å². The van der Waals surface area contributed by atoms with Crippen LogP contribution in [0, 0.1) is 5.92 Å². The number of ether oxygens (including phenoxy) is 2. The first kappa shape index (κ1) is 18.4. The Bertz CT molecular complexity index is 355. The molecule has 0 aromatic heterocycles. The minimum atomic E-state index is -0.467. The quantitative estimate of drug-likeness (QED) is 0.670. The van der Waals surface area contributed by atoms with E-state index in [1.807, 2.05) is 25.8 Å². The molecule has 5 heteroatoms. The lowest BCUT2D eigenvalue weighted by Crippen LogP contribution is -2.70. The van der Waals surface area contributed by atoms with Crippen LogP contribution in [0.2, 0.25) is 0 Å². The molecule has 21 heavy (non-hydrogen) atoms. The summed E-state index contributed by atoms with van der Waals surface area (Å²) in [6.07, 6.45) is 0. The van der Waals surface area contributed by atoms with Crippen LogP contribution in [0.4, 0.5) is 0 Å². The Labute approximate surface area is 129 Å². The summed E-state index contributed by atoms with van der Waals surface area (Å²) in [4.78, 5) is 16.7. The summed E-state index contributed by atoms with van der Waals surface area (Å²) >= 11 is 0. The summed E-state index contributed by atoms with van der Waals surface area (Å²) in [7, 11) is 3.72. The molecule has 0 spiro atoms. The highest BCUT2D eigenvalue weighted by Crippen LogP contribution is 2.31. The molecule has 124 valence electrons. The largest absolute Gasteiger partial charge is 0.384 e. The van der Waals surface area contributed by atoms with Gasteiger partial charge in [0.05, 0.1) is 25.4 Å². The molecule has 1 fully saturated rings. The highest BCUT2D eigenvalue weighted by atomic mass is 16.5. The average Bonchev–Trinajstić information content (AvgIpc) is 2.39. The standard InChI is InChI=1S/C16H32N2O3/c1-13(10-20-7)11-21-9-8-18-12-15(2,3)17(6)16(4,5)14(18)19/h13H,8-12H2,1-7H3. The van der Waals surface area contributed by atoms with Gasteiger partial charge in [0.2, 0.25) is 5.91 Å². The first-order valence-corrected chi connectivity index (χ1v) is 7.73. The molecular formula is C16H32N2O3. The van der Waals surface area contributed by atoms with Crippen molar-refractivity contribution in [3.63, 3.8) is 0 Å². The maximum atomic E-state index is 12.6. The van der Waals surface area contributed by atoms with Crippen molar-refractivity contribution in [2.24, 2.45) is 5.92 Å². The van der Waals surface area contributed by atoms with Crippen molar-refractivity contribution in [2.75, 3.05) is 47.1 Å². The Hall–Kier alpha value is -0.650. The Morgan fingerprint density at radius 2 is 1.86 bits per heavy atom. The summed E-state index contributed by atoms with van der Waals surface area (Å²) < 4.78 is 10.8. The van der Waals surface area contributed by atoms with Gasteiger partial charge >= 0.3 is 0 Å². The van der Waals surface area contributed by atoms with Gasteiger partial charge in [-0.15, -0.1) is 0 Å². The number of piperazine rings is 1. The fourth-order valence-corrected chi connectivity index (χ4v) is 2.90. The van der Waals surface area contributed by atoms with E-state index in [2.05, 4.69) is 25.7 Å². The highest BCUT2D eigenvalue weighted by molar-refractivity contribution is 5.86. The number of likely N-dealkylation sites (N-methyl/N-ethyl adjacent to an activating group) is 1. The van der Waals surface area contributed by atoms with Crippen molar-refractivity contribution in [3.05, 3.63) is 0 Å². The third kappa shape index (κ3) is 4.41. The van der Waals surface area contributed by atoms with Crippen LogP contribution < -0.4 is 0 Å². The lowest BCUT2D eigenvalue weighted by Gasteiger charge is -2.53. The molecule has 5 nitrogen and oxygen atoms in total. The maximum Gasteiger partial charge on any atom is 0.242 e. The number of hydrogen-bond donors (Lipinski definition) is 0. The van der Waals surface area contributed by atoms with E-state index in [1.54, 1.807) is 7.11 Å². The average molecular weight is 300 g/mol. The molecule has 1 unspecified atom stereocenters. The second-order valence-electron chi connectivity index (χ2n) is 7.29. The molecule has 0 bridgehead atoms. The number of rotatable bonds is 7. The van der Waals surface area contributed by atoms with Gasteiger partial charge in [0, 0.05) is 31.7 Å². The fraction of sp³-hybridized carbons (Fsp3) is 0.938. The van der Waals surface area contributed by atoms with E-state index < -0.39 is 5.54 Å². The summed E-state index contributed by atoms with van der Waals surface area (Å²) in [6, 6.07) is 0. The van der Waals surface area contributed by atoms with Crippen molar-refractivity contribution in [1.82, 2.24) is 9.80 Å². The summed E-state index contributed by atoms with van der Waals surface area (Å²) in [6.45, 7) is 13.8. The molecule has 0 aromatic rings. The molecule has 0 N–H and O–H groups in total. The number of amides is 1. The zero-order chi connectivity index (χ0) is 16.3. The van der Waals surface area contributed by atoms with E-state index in [4.69, 9.17) is 9.47 Å². The predicted octanol–water partition coefficient (Wildman–Crippen LogP) is 1.62. The van der Waals surface area contributed by atoms with E-state index >= 15 is 0 Å². The summed E-state index contributed by atoms with van der Waals surface area (Å²) in [5, 5.41) is 0. The van der Waals surface area contributed by atoms with Gasteiger partial charge in [-0.3, -0.25) is 9.69 Å². The monoisotopic (exact) mass is 300 g/mol. The van der Waals surface area contributed by atoms with E-state index in [0.29, 0.717) is 32.3 Å². The normalized spacial score (nSPS) is 23.4. The van der Waals surface area contributed by atoms with Crippen LogP contribution in [0.3, 0.4) is 0 Å². The van der Waals surface area contributed by atoms with Crippen LogP contribution >= 0.6 is 0 Å². The SMILES string of the molecule is COCC(C)COCCN1CC(C)(C)N(C)C(C)(C)C1=O. The number of methoxy groups -OCH3 is 1. The molecule has 1 aliphatic heterocycles. The minimum Gasteiger partial charge on any atom is -0.384 e. The molecule has 1 atom stereocenters. The van der Waals surface area contributed by atoms with Gasteiger partial charge in [-0.25, -0.2) is 0 Å². The first-order chi connectivity index (χ1) is 9.63. The van der Waals surface area contributed by atoms with E-state index in [-0.39, 0.29) is 11.4 Å². The van der Waals surface area contributed by atoms with Crippen LogP contribution in [0.1, 0.15) is 34.6 Å². The van der Waals surface area contributed by atoms with Crippen LogP contribution in [0.25, 0.3) is 0 Å². The number of carbonyl (C=O) groups is 1. The second-order valence-corrected chi connectivity index (χ2v) is 7.29. The van der Waals surface area contributed by atoms with Gasteiger partial charge in [-0.2, -0.15) is 0 Å². The lowest BCUT2D eigenvalue weighted by molar-refractivity contribution is -0.158. The van der Waals surface area contributed by atoms with Gasteiger partial charge in [-0.1, -0.05) is 6.92 Å². The Balaban J connectivity index is 2.50. The fourth-order valence-electron chi connectivity index (χ4n) is 2.90. The summed E-state index contributed by atoms with van der Waals surface area (Å²) in [5.74, 6) is 0.559. The molecule has 0 aromatic carbocycles. The van der Waals surface area contributed by atoms with Crippen LogP contribution in [0.5, 0.6) is 0 Å². The zero-order valence-corrected chi connectivity index (χ0v) is 14.7. The highest BCUT2D eigenvalue weighted by Gasteiger charge is 2.48. The molecule has 1 aliphatic rings. The molecule has 1 amide bonds. The number of nitrogens with zero attached hydrogens (tertiary/aromatic N) is 2. The molecule has 1 saturated heterocycles. The molecule has 0 saturated carbocycles. The number of hydrogen-bond acceptors (Lipinski definition) is 4. The van der Waals surface area contributed by atoms with Crippen molar-refractivity contribution in [3.8, 4) is 0 Å². The Morgan fingerprint density at radius 3 is 2.43 bits per heavy atom.